The molecule has 0 amide bonds. The molecule has 0 bridgehead atoms. The minimum Gasteiger partial charge on any atom is -0.312 e. The van der Waals surface area contributed by atoms with Gasteiger partial charge in [0, 0.05) is 13.1 Å². The van der Waals surface area contributed by atoms with Crippen molar-refractivity contribution in [3.63, 3.8) is 0 Å². The molecule has 1 aliphatic rings. The number of aryl methyl sites for hydroxylation is 2. The molecule has 1 aliphatic carbocycles. The topological polar surface area (TPSA) is 12.0 Å². The summed E-state index contributed by atoms with van der Waals surface area (Å²) in [5.41, 5.74) is 5.04. The van der Waals surface area contributed by atoms with Crippen LogP contribution in [0.25, 0.3) is 0 Å². The predicted molar refractivity (Wildman–Crippen MR) is 88.1 cm³/mol. The van der Waals surface area contributed by atoms with E-state index in [4.69, 9.17) is 0 Å². The average Bonchev–Trinajstić information content (AvgIpc) is 2.86. The van der Waals surface area contributed by atoms with Crippen molar-refractivity contribution in [1.82, 2.24) is 5.32 Å². The molecule has 0 spiro atoms. The van der Waals surface area contributed by atoms with Crippen molar-refractivity contribution in [2.75, 3.05) is 6.54 Å². The van der Waals surface area contributed by atoms with Gasteiger partial charge in [0.15, 0.2) is 0 Å². The highest BCUT2D eigenvalue weighted by atomic mass is 14.9. The van der Waals surface area contributed by atoms with Crippen LogP contribution in [0.2, 0.25) is 0 Å². The largest absolute Gasteiger partial charge is 0.312 e. The summed E-state index contributed by atoms with van der Waals surface area (Å²) >= 11 is 0. The summed E-state index contributed by atoms with van der Waals surface area (Å²) in [6, 6.07) is 7.06. The Labute approximate surface area is 125 Å². The molecule has 0 atom stereocenters. The van der Waals surface area contributed by atoms with Crippen LogP contribution in [-0.4, -0.2) is 6.54 Å². The minimum atomic E-state index is 0.423. The molecule has 2 rings (SSSR count). The highest BCUT2D eigenvalue weighted by molar-refractivity contribution is 5.35. The molecule has 0 aliphatic heterocycles. The molecular formula is C19H31N. The van der Waals surface area contributed by atoms with Gasteiger partial charge in [-0.2, -0.15) is 0 Å². The summed E-state index contributed by atoms with van der Waals surface area (Å²) in [7, 11) is 0. The third kappa shape index (κ3) is 4.63. The lowest BCUT2D eigenvalue weighted by molar-refractivity contribution is 0.302. The molecule has 0 saturated carbocycles. The SMILES string of the molecule is CCCCCC(C)(C)CNCc1ccc2c(c1)CCC2. The molecule has 0 aromatic heterocycles. The smallest absolute Gasteiger partial charge is 0.0205 e. The standard InChI is InChI=1S/C19H31N/c1-4-5-6-12-19(2,3)15-20-14-16-10-11-17-8-7-9-18(17)13-16/h10-11,13,20H,4-9,12,14-15H2,1-3H3. The lowest BCUT2D eigenvalue weighted by Crippen LogP contribution is -2.29. The third-order valence-electron chi connectivity index (χ3n) is 4.55. The minimum absolute atomic E-state index is 0.423. The van der Waals surface area contributed by atoms with Gasteiger partial charge in [-0.3, -0.25) is 0 Å². The molecule has 1 heteroatoms. The molecule has 0 fully saturated rings. The van der Waals surface area contributed by atoms with Crippen molar-refractivity contribution >= 4 is 0 Å². The van der Waals surface area contributed by atoms with Crippen LogP contribution in [0, 0.1) is 5.41 Å². The highest BCUT2D eigenvalue weighted by Gasteiger charge is 2.17. The number of unbranched alkanes of at least 4 members (excludes halogenated alkanes) is 2. The van der Waals surface area contributed by atoms with Gasteiger partial charge in [0.1, 0.15) is 0 Å². The number of fused-ring (bicyclic) bond motifs is 1. The van der Waals surface area contributed by atoms with Crippen molar-refractivity contribution in [2.45, 2.75) is 72.3 Å². The van der Waals surface area contributed by atoms with E-state index in [0.29, 0.717) is 5.41 Å². The van der Waals surface area contributed by atoms with Crippen LogP contribution < -0.4 is 5.32 Å². The van der Waals surface area contributed by atoms with E-state index in [0.717, 1.165) is 13.1 Å². The molecule has 1 nitrogen and oxygen atoms in total. The fourth-order valence-electron chi connectivity index (χ4n) is 3.22. The number of hydrogen-bond acceptors (Lipinski definition) is 1. The number of nitrogens with one attached hydrogen (secondary N) is 1. The van der Waals surface area contributed by atoms with E-state index in [1.807, 2.05) is 0 Å². The van der Waals surface area contributed by atoms with Crippen LogP contribution >= 0.6 is 0 Å². The lowest BCUT2D eigenvalue weighted by atomic mass is 9.87. The molecule has 0 saturated heterocycles. The first-order valence-electron chi connectivity index (χ1n) is 8.42. The van der Waals surface area contributed by atoms with Gasteiger partial charge >= 0.3 is 0 Å². The second-order valence-electron chi connectivity index (χ2n) is 7.18. The summed E-state index contributed by atoms with van der Waals surface area (Å²) in [4.78, 5) is 0. The Bertz CT molecular complexity index is 420. The molecule has 1 N–H and O–H groups in total. The van der Waals surface area contributed by atoms with Crippen molar-refractivity contribution in [1.29, 1.82) is 0 Å². The first-order valence-corrected chi connectivity index (χ1v) is 8.42. The Morgan fingerprint density at radius 3 is 2.70 bits per heavy atom. The van der Waals surface area contributed by atoms with E-state index < -0.39 is 0 Å². The molecule has 0 radical (unpaired) electrons. The monoisotopic (exact) mass is 273 g/mol. The van der Waals surface area contributed by atoms with Crippen LogP contribution in [0.3, 0.4) is 0 Å². The van der Waals surface area contributed by atoms with Gasteiger partial charge < -0.3 is 5.32 Å². The fourth-order valence-corrected chi connectivity index (χ4v) is 3.22. The third-order valence-corrected chi connectivity index (χ3v) is 4.55. The quantitative estimate of drug-likeness (QED) is 0.666. The van der Waals surface area contributed by atoms with Gasteiger partial charge in [-0.1, -0.05) is 58.2 Å². The van der Waals surface area contributed by atoms with Crippen molar-refractivity contribution in [3.05, 3.63) is 34.9 Å². The van der Waals surface area contributed by atoms with E-state index in [1.54, 1.807) is 11.1 Å². The van der Waals surface area contributed by atoms with E-state index >= 15 is 0 Å². The van der Waals surface area contributed by atoms with E-state index in [2.05, 4.69) is 44.3 Å². The Balaban J connectivity index is 1.75. The summed E-state index contributed by atoms with van der Waals surface area (Å²) in [5.74, 6) is 0. The van der Waals surface area contributed by atoms with Gasteiger partial charge in [0.2, 0.25) is 0 Å². The van der Waals surface area contributed by atoms with E-state index in [-0.39, 0.29) is 0 Å². The zero-order valence-electron chi connectivity index (χ0n) is 13.6. The van der Waals surface area contributed by atoms with Gasteiger partial charge in [-0.05, 0) is 47.8 Å². The summed E-state index contributed by atoms with van der Waals surface area (Å²) < 4.78 is 0. The Morgan fingerprint density at radius 2 is 1.90 bits per heavy atom. The van der Waals surface area contributed by atoms with Crippen molar-refractivity contribution in [2.24, 2.45) is 5.41 Å². The van der Waals surface area contributed by atoms with Crippen LogP contribution in [0.1, 0.15) is 69.6 Å². The molecule has 112 valence electrons. The van der Waals surface area contributed by atoms with Gasteiger partial charge in [0.05, 0.1) is 0 Å². The van der Waals surface area contributed by atoms with Crippen LogP contribution in [0.5, 0.6) is 0 Å². The second kappa shape index (κ2) is 7.26. The fraction of sp³-hybridized carbons (Fsp3) is 0.684. The molecule has 20 heavy (non-hydrogen) atoms. The van der Waals surface area contributed by atoms with Gasteiger partial charge in [-0.15, -0.1) is 0 Å². The van der Waals surface area contributed by atoms with Crippen LogP contribution in [-0.2, 0) is 19.4 Å². The first-order chi connectivity index (χ1) is 9.61. The van der Waals surface area contributed by atoms with Crippen LogP contribution in [0.15, 0.2) is 18.2 Å². The summed E-state index contributed by atoms with van der Waals surface area (Å²) in [6.45, 7) is 9.19. The van der Waals surface area contributed by atoms with Crippen molar-refractivity contribution in [3.8, 4) is 0 Å². The van der Waals surface area contributed by atoms with E-state index in [1.165, 1.54) is 50.5 Å². The average molecular weight is 273 g/mol. The molecule has 0 heterocycles. The predicted octanol–water partition coefficient (Wildman–Crippen LogP) is 4.87. The van der Waals surface area contributed by atoms with Crippen molar-refractivity contribution < 1.29 is 0 Å². The zero-order chi connectivity index (χ0) is 14.4. The van der Waals surface area contributed by atoms with Gasteiger partial charge in [-0.25, -0.2) is 0 Å². The highest BCUT2D eigenvalue weighted by Crippen LogP contribution is 2.24. The molecular weight excluding hydrogens is 242 g/mol. The Hall–Kier alpha value is -0.820. The Morgan fingerprint density at radius 1 is 1.10 bits per heavy atom. The molecule has 1 aromatic rings. The number of rotatable bonds is 8. The summed E-state index contributed by atoms with van der Waals surface area (Å²) in [5, 5.41) is 3.66. The second-order valence-corrected chi connectivity index (χ2v) is 7.18. The molecule has 0 unspecified atom stereocenters. The maximum atomic E-state index is 3.66. The maximum Gasteiger partial charge on any atom is 0.0205 e. The molecule has 1 aromatic carbocycles. The first kappa shape index (κ1) is 15.6. The number of hydrogen-bond donors (Lipinski definition) is 1. The zero-order valence-corrected chi connectivity index (χ0v) is 13.6. The number of benzene rings is 1. The normalized spacial score (nSPS) is 14.6. The summed E-state index contributed by atoms with van der Waals surface area (Å²) in [6.07, 6.45) is 9.30. The lowest BCUT2D eigenvalue weighted by Gasteiger charge is -2.25. The maximum absolute atomic E-state index is 3.66. The van der Waals surface area contributed by atoms with Crippen LogP contribution in [0.4, 0.5) is 0 Å². The van der Waals surface area contributed by atoms with Gasteiger partial charge in [0.25, 0.3) is 0 Å². The Kier molecular flexibility index (Phi) is 5.65. The van der Waals surface area contributed by atoms with E-state index in [9.17, 15) is 0 Å².